The van der Waals surface area contributed by atoms with Crippen LogP contribution in [0.3, 0.4) is 0 Å². The van der Waals surface area contributed by atoms with Gasteiger partial charge in [-0.25, -0.2) is 0 Å². The van der Waals surface area contributed by atoms with Crippen LogP contribution in [0.5, 0.6) is 0 Å². The van der Waals surface area contributed by atoms with Crippen molar-refractivity contribution in [2.24, 2.45) is 11.8 Å². The Balaban J connectivity index is 1.74. The summed E-state index contributed by atoms with van der Waals surface area (Å²) in [6.45, 7) is 7.66. The van der Waals surface area contributed by atoms with Crippen LogP contribution in [-0.4, -0.2) is 47.8 Å². The maximum Gasteiger partial charge on any atom is 0.303 e. The first-order valence-electron chi connectivity index (χ1n) is 8.13. The zero-order valence-electron chi connectivity index (χ0n) is 12.9. The Morgan fingerprint density at radius 3 is 2.60 bits per heavy atom. The summed E-state index contributed by atoms with van der Waals surface area (Å²) in [4.78, 5) is 13.2. The third-order valence-corrected chi connectivity index (χ3v) is 4.96. The average molecular weight is 283 g/mol. The Labute approximate surface area is 122 Å². The molecule has 4 nitrogen and oxygen atoms in total. The molecular weight excluding hydrogens is 254 g/mol. The topological polar surface area (TPSA) is 49.8 Å². The predicted molar refractivity (Wildman–Crippen MR) is 78.8 cm³/mol. The number of ether oxygens (including phenoxy) is 1. The van der Waals surface area contributed by atoms with Crippen molar-refractivity contribution in [3.8, 4) is 0 Å². The number of piperidine rings is 1. The van der Waals surface area contributed by atoms with Gasteiger partial charge in [-0.3, -0.25) is 4.79 Å². The van der Waals surface area contributed by atoms with Crippen LogP contribution < -0.4 is 0 Å². The van der Waals surface area contributed by atoms with Gasteiger partial charge in [-0.05, 0) is 57.0 Å². The number of aliphatic carboxylic acids is 1. The predicted octanol–water partition coefficient (Wildman–Crippen LogP) is 2.77. The van der Waals surface area contributed by atoms with Gasteiger partial charge in [-0.15, -0.1) is 0 Å². The molecule has 2 fully saturated rings. The van der Waals surface area contributed by atoms with Crippen LogP contribution in [0.2, 0.25) is 0 Å². The molecule has 2 aliphatic heterocycles. The highest BCUT2D eigenvalue weighted by atomic mass is 16.5. The quantitative estimate of drug-likeness (QED) is 0.843. The van der Waals surface area contributed by atoms with Crippen LogP contribution >= 0.6 is 0 Å². The molecule has 2 unspecified atom stereocenters. The van der Waals surface area contributed by atoms with E-state index in [9.17, 15) is 4.79 Å². The second-order valence-corrected chi connectivity index (χ2v) is 6.74. The van der Waals surface area contributed by atoms with Gasteiger partial charge in [0.2, 0.25) is 0 Å². The van der Waals surface area contributed by atoms with Gasteiger partial charge in [0.1, 0.15) is 0 Å². The van der Waals surface area contributed by atoms with E-state index in [1.54, 1.807) is 0 Å². The molecule has 116 valence electrons. The Morgan fingerprint density at radius 2 is 2.00 bits per heavy atom. The number of hydrogen-bond donors (Lipinski definition) is 1. The van der Waals surface area contributed by atoms with E-state index in [4.69, 9.17) is 9.84 Å². The lowest BCUT2D eigenvalue weighted by molar-refractivity contribution is -0.137. The molecule has 20 heavy (non-hydrogen) atoms. The van der Waals surface area contributed by atoms with Crippen molar-refractivity contribution in [2.75, 3.05) is 19.7 Å². The lowest BCUT2D eigenvalue weighted by Gasteiger charge is -2.42. The summed E-state index contributed by atoms with van der Waals surface area (Å²) in [6.07, 6.45) is 6.25. The summed E-state index contributed by atoms with van der Waals surface area (Å²) in [5.41, 5.74) is 0. The fourth-order valence-corrected chi connectivity index (χ4v) is 3.54. The number of likely N-dealkylation sites (tertiary alicyclic amines) is 1. The van der Waals surface area contributed by atoms with Gasteiger partial charge in [0.15, 0.2) is 0 Å². The Hall–Kier alpha value is -0.610. The number of carbonyl (C=O) groups is 1. The van der Waals surface area contributed by atoms with Gasteiger partial charge in [0, 0.05) is 19.1 Å². The van der Waals surface area contributed by atoms with Crippen LogP contribution in [0, 0.1) is 11.8 Å². The first kappa shape index (κ1) is 15.8. The minimum absolute atomic E-state index is 0.331. The number of hydrogen-bond acceptors (Lipinski definition) is 3. The van der Waals surface area contributed by atoms with Crippen molar-refractivity contribution >= 4 is 5.97 Å². The molecule has 4 heteroatoms. The van der Waals surface area contributed by atoms with E-state index >= 15 is 0 Å². The van der Waals surface area contributed by atoms with Gasteiger partial charge < -0.3 is 14.7 Å². The third-order valence-electron chi connectivity index (χ3n) is 4.96. The summed E-state index contributed by atoms with van der Waals surface area (Å²) in [5, 5.41) is 8.76. The van der Waals surface area contributed by atoms with Crippen LogP contribution in [0.4, 0.5) is 0 Å². The lowest BCUT2D eigenvalue weighted by Crippen LogP contribution is -2.47. The van der Waals surface area contributed by atoms with Crippen LogP contribution in [-0.2, 0) is 9.53 Å². The molecular formula is C16H29NO3. The summed E-state index contributed by atoms with van der Waals surface area (Å²) < 4.78 is 5.85. The molecule has 0 aromatic rings. The fourth-order valence-electron chi connectivity index (χ4n) is 3.54. The second-order valence-electron chi connectivity index (χ2n) is 6.74. The van der Waals surface area contributed by atoms with Crippen LogP contribution in [0.25, 0.3) is 0 Å². The molecule has 2 aliphatic rings. The van der Waals surface area contributed by atoms with E-state index in [0.29, 0.717) is 30.4 Å². The SMILES string of the molecule is CC(C)C1CC(N2CCC(CCC(=O)O)CC2)CCO1. The number of carboxylic acid groups (broad SMARTS) is 1. The highest BCUT2D eigenvalue weighted by Gasteiger charge is 2.31. The smallest absolute Gasteiger partial charge is 0.303 e. The van der Waals surface area contributed by atoms with E-state index in [-0.39, 0.29) is 0 Å². The maximum atomic E-state index is 10.6. The summed E-state index contributed by atoms with van der Waals surface area (Å²) >= 11 is 0. The Kier molecular flexibility index (Phi) is 5.85. The lowest BCUT2D eigenvalue weighted by atomic mass is 9.89. The molecule has 2 atom stereocenters. The summed E-state index contributed by atoms with van der Waals surface area (Å²) in [5.74, 6) is 0.561. The van der Waals surface area contributed by atoms with Gasteiger partial charge in [0.25, 0.3) is 0 Å². The van der Waals surface area contributed by atoms with Crippen LogP contribution in [0.15, 0.2) is 0 Å². The van der Waals surface area contributed by atoms with Gasteiger partial charge in [-0.2, -0.15) is 0 Å². The molecule has 0 aliphatic carbocycles. The molecule has 2 heterocycles. The largest absolute Gasteiger partial charge is 0.481 e. The fraction of sp³-hybridized carbons (Fsp3) is 0.938. The van der Waals surface area contributed by atoms with Crippen molar-refractivity contribution in [1.82, 2.24) is 4.90 Å². The highest BCUT2D eigenvalue weighted by molar-refractivity contribution is 5.66. The molecule has 0 aromatic heterocycles. The molecule has 2 rings (SSSR count). The Morgan fingerprint density at radius 1 is 1.30 bits per heavy atom. The van der Waals surface area contributed by atoms with Gasteiger partial charge in [0.05, 0.1) is 6.10 Å². The van der Waals surface area contributed by atoms with E-state index < -0.39 is 5.97 Å². The van der Waals surface area contributed by atoms with Crippen molar-refractivity contribution in [3.05, 3.63) is 0 Å². The van der Waals surface area contributed by atoms with Gasteiger partial charge in [-0.1, -0.05) is 13.8 Å². The minimum atomic E-state index is -0.656. The number of nitrogens with zero attached hydrogens (tertiary/aromatic N) is 1. The van der Waals surface area contributed by atoms with E-state index in [0.717, 1.165) is 51.8 Å². The van der Waals surface area contributed by atoms with Crippen molar-refractivity contribution in [1.29, 1.82) is 0 Å². The second kappa shape index (κ2) is 7.41. The van der Waals surface area contributed by atoms with Crippen LogP contribution in [0.1, 0.15) is 52.4 Å². The van der Waals surface area contributed by atoms with E-state index in [1.807, 2.05) is 0 Å². The normalized spacial score (nSPS) is 29.8. The molecule has 2 saturated heterocycles. The molecule has 0 amide bonds. The molecule has 0 radical (unpaired) electrons. The van der Waals surface area contributed by atoms with E-state index in [1.165, 1.54) is 0 Å². The Bertz CT molecular complexity index is 311. The molecule has 0 saturated carbocycles. The standard InChI is InChI=1S/C16H29NO3/c1-12(2)15-11-14(7-10-20-15)17-8-5-13(6-9-17)3-4-16(18)19/h12-15H,3-11H2,1-2H3,(H,18,19). The van der Waals surface area contributed by atoms with Gasteiger partial charge >= 0.3 is 5.97 Å². The highest BCUT2D eigenvalue weighted by Crippen LogP contribution is 2.29. The minimum Gasteiger partial charge on any atom is -0.481 e. The zero-order valence-corrected chi connectivity index (χ0v) is 12.9. The van der Waals surface area contributed by atoms with E-state index in [2.05, 4.69) is 18.7 Å². The first-order valence-corrected chi connectivity index (χ1v) is 8.13. The maximum absolute atomic E-state index is 10.6. The molecule has 0 bridgehead atoms. The molecule has 1 N–H and O–H groups in total. The zero-order chi connectivity index (χ0) is 14.5. The average Bonchev–Trinajstić information content (AvgIpc) is 2.46. The summed E-state index contributed by atoms with van der Waals surface area (Å²) in [7, 11) is 0. The van der Waals surface area contributed by atoms with Crippen molar-refractivity contribution < 1.29 is 14.6 Å². The van der Waals surface area contributed by atoms with Crippen molar-refractivity contribution in [3.63, 3.8) is 0 Å². The monoisotopic (exact) mass is 283 g/mol. The molecule has 0 spiro atoms. The van der Waals surface area contributed by atoms with Crippen molar-refractivity contribution in [2.45, 2.75) is 64.5 Å². The first-order chi connectivity index (χ1) is 9.56. The third kappa shape index (κ3) is 4.45. The number of carboxylic acids is 1. The number of rotatable bonds is 5. The summed E-state index contributed by atoms with van der Waals surface area (Å²) in [6, 6.07) is 0.677. The molecule has 0 aromatic carbocycles.